The summed E-state index contributed by atoms with van der Waals surface area (Å²) in [6, 6.07) is 3.94. The summed E-state index contributed by atoms with van der Waals surface area (Å²) in [7, 11) is 0. The normalized spacial score (nSPS) is 17.9. The second-order valence-corrected chi connectivity index (χ2v) is 5.52. The summed E-state index contributed by atoms with van der Waals surface area (Å²) in [6.07, 6.45) is 5.84. The number of pyridine rings is 1. The Morgan fingerprint density at radius 1 is 1.42 bits per heavy atom. The van der Waals surface area contributed by atoms with Gasteiger partial charge in [0.15, 0.2) is 5.65 Å². The fourth-order valence-corrected chi connectivity index (χ4v) is 2.98. The third-order valence-electron chi connectivity index (χ3n) is 4.15. The molecule has 0 bridgehead atoms. The molecule has 5 heteroatoms. The molecule has 1 aliphatic carbocycles. The molecule has 0 saturated heterocycles. The van der Waals surface area contributed by atoms with Gasteiger partial charge < -0.3 is 5.11 Å². The van der Waals surface area contributed by atoms with E-state index in [1.165, 1.54) is 0 Å². The minimum Gasteiger partial charge on any atom is -0.481 e. The Bertz CT molecular complexity index is 627. The quantitative estimate of drug-likeness (QED) is 0.917. The number of carbonyl (C=O) groups is 1. The molecule has 2 aromatic heterocycles. The predicted molar refractivity (Wildman–Crippen MR) is 70.0 cm³/mol. The van der Waals surface area contributed by atoms with Crippen molar-refractivity contribution < 1.29 is 9.90 Å². The van der Waals surface area contributed by atoms with E-state index in [1.54, 1.807) is 0 Å². The number of carboxylic acids is 1. The third-order valence-corrected chi connectivity index (χ3v) is 4.15. The van der Waals surface area contributed by atoms with Crippen LogP contribution in [0.4, 0.5) is 0 Å². The SMILES string of the molecule is Cc1ccn2c(CC3(C(=O)O)CCCC3)nnc2c1. The van der Waals surface area contributed by atoms with E-state index in [1.807, 2.05) is 29.7 Å². The molecule has 0 radical (unpaired) electrons. The molecule has 3 rings (SSSR count). The largest absolute Gasteiger partial charge is 0.481 e. The number of aryl methyl sites for hydroxylation is 1. The second-order valence-electron chi connectivity index (χ2n) is 5.52. The Morgan fingerprint density at radius 3 is 2.84 bits per heavy atom. The van der Waals surface area contributed by atoms with Gasteiger partial charge in [0.05, 0.1) is 5.41 Å². The van der Waals surface area contributed by atoms with Gasteiger partial charge in [0, 0.05) is 12.6 Å². The lowest BCUT2D eigenvalue weighted by molar-refractivity contribution is -0.148. The van der Waals surface area contributed by atoms with Crippen molar-refractivity contribution in [1.82, 2.24) is 14.6 Å². The van der Waals surface area contributed by atoms with Crippen LogP contribution in [0.5, 0.6) is 0 Å². The molecular formula is C14H17N3O2. The standard InChI is InChI=1S/C14H17N3O2/c1-10-4-7-17-11(8-10)15-16-12(17)9-14(13(18)19)5-2-3-6-14/h4,7-8H,2-3,5-6,9H2,1H3,(H,18,19). The average molecular weight is 259 g/mol. The fraction of sp³-hybridized carbons (Fsp3) is 0.500. The second kappa shape index (κ2) is 4.33. The lowest BCUT2D eigenvalue weighted by Crippen LogP contribution is -2.31. The van der Waals surface area contributed by atoms with Crippen molar-refractivity contribution in [1.29, 1.82) is 0 Å². The van der Waals surface area contributed by atoms with Gasteiger partial charge in [0.1, 0.15) is 5.82 Å². The van der Waals surface area contributed by atoms with E-state index < -0.39 is 11.4 Å². The summed E-state index contributed by atoms with van der Waals surface area (Å²) in [5, 5.41) is 17.8. The number of aliphatic carboxylic acids is 1. The minimum atomic E-state index is -0.700. The van der Waals surface area contributed by atoms with E-state index >= 15 is 0 Å². The maximum Gasteiger partial charge on any atom is 0.310 e. The fourth-order valence-electron chi connectivity index (χ4n) is 2.98. The number of hydrogen-bond acceptors (Lipinski definition) is 3. The maximum absolute atomic E-state index is 11.6. The maximum atomic E-state index is 11.6. The van der Waals surface area contributed by atoms with Gasteiger partial charge >= 0.3 is 5.97 Å². The van der Waals surface area contributed by atoms with Crippen molar-refractivity contribution in [2.24, 2.45) is 5.41 Å². The van der Waals surface area contributed by atoms with Gasteiger partial charge in [-0.15, -0.1) is 10.2 Å². The highest BCUT2D eigenvalue weighted by Gasteiger charge is 2.42. The molecule has 1 aliphatic rings. The summed E-state index contributed by atoms with van der Waals surface area (Å²) in [5.74, 6) is 0.0492. The Labute approximate surface area is 111 Å². The summed E-state index contributed by atoms with van der Waals surface area (Å²) in [6.45, 7) is 2.00. The van der Waals surface area contributed by atoms with Gasteiger partial charge in [0.2, 0.25) is 0 Å². The van der Waals surface area contributed by atoms with Crippen LogP contribution in [0.1, 0.15) is 37.1 Å². The van der Waals surface area contributed by atoms with Crippen LogP contribution in [0.15, 0.2) is 18.3 Å². The number of rotatable bonds is 3. The van der Waals surface area contributed by atoms with Crippen LogP contribution in [0.2, 0.25) is 0 Å². The topological polar surface area (TPSA) is 67.5 Å². The molecule has 5 nitrogen and oxygen atoms in total. The Morgan fingerprint density at radius 2 is 2.16 bits per heavy atom. The van der Waals surface area contributed by atoms with Crippen molar-refractivity contribution in [3.05, 3.63) is 29.7 Å². The molecule has 0 amide bonds. The minimum absolute atomic E-state index is 0.465. The zero-order valence-corrected chi connectivity index (χ0v) is 11.0. The molecule has 0 atom stereocenters. The molecule has 2 heterocycles. The summed E-state index contributed by atoms with van der Waals surface area (Å²) < 4.78 is 1.90. The van der Waals surface area contributed by atoms with Crippen molar-refractivity contribution >= 4 is 11.6 Å². The van der Waals surface area contributed by atoms with E-state index in [9.17, 15) is 9.90 Å². The van der Waals surface area contributed by atoms with E-state index in [2.05, 4.69) is 10.2 Å². The van der Waals surface area contributed by atoms with E-state index in [0.29, 0.717) is 6.42 Å². The van der Waals surface area contributed by atoms with Crippen molar-refractivity contribution in [2.45, 2.75) is 39.0 Å². The monoisotopic (exact) mass is 259 g/mol. The number of aromatic nitrogens is 3. The summed E-state index contributed by atoms with van der Waals surface area (Å²) in [4.78, 5) is 11.6. The molecule has 0 aromatic carbocycles. The molecular weight excluding hydrogens is 242 g/mol. The van der Waals surface area contributed by atoms with Crippen LogP contribution >= 0.6 is 0 Å². The van der Waals surface area contributed by atoms with Crippen LogP contribution < -0.4 is 0 Å². The molecule has 0 spiro atoms. The van der Waals surface area contributed by atoms with Crippen LogP contribution in [-0.4, -0.2) is 25.7 Å². The smallest absolute Gasteiger partial charge is 0.310 e. The Kier molecular flexibility index (Phi) is 2.77. The highest BCUT2D eigenvalue weighted by atomic mass is 16.4. The molecule has 1 fully saturated rings. The number of carboxylic acid groups (broad SMARTS) is 1. The predicted octanol–water partition coefficient (Wildman–Crippen LogP) is 2.23. The Balaban J connectivity index is 1.98. The lowest BCUT2D eigenvalue weighted by Gasteiger charge is -2.22. The third kappa shape index (κ3) is 1.99. The van der Waals surface area contributed by atoms with Gasteiger partial charge in [0.25, 0.3) is 0 Å². The van der Waals surface area contributed by atoms with Gasteiger partial charge in [-0.2, -0.15) is 0 Å². The first-order chi connectivity index (χ1) is 9.11. The van der Waals surface area contributed by atoms with Crippen LogP contribution in [0, 0.1) is 12.3 Å². The highest BCUT2D eigenvalue weighted by Crippen LogP contribution is 2.40. The van der Waals surface area contributed by atoms with Crippen molar-refractivity contribution in [2.75, 3.05) is 0 Å². The van der Waals surface area contributed by atoms with Gasteiger partial charge in [-0.3, -0.25) is 9.20 Å². The van der Waals surface area contributed by atoms with Crippen molar-refractivity contribution in [3.63, 3.8) is 0 Å². The first kappa shape index (κ1) is 12.1. The zero-order chi connectivity index (χ0) is 13.5. The van der Waals surface area contributed by atoms with Crippen LogP contribution in [0.3, 0.4) is 0 Å². The molecule has 0 aliphatic heterocycles. The van der Waals surface area contributed by atoms with Crippen LogP contribution in [0.25, 0.3) is 5.65 Å². The summed E-state index contributed by atoms with van der Waals surface area (Å²) in [5.41, 5.74) is 1.27. The number of hydrogen-bond donors (Lipinski definition) is 1. The number of fused-ring (bicyclic) bond motifs is 1. The molecule has 1 saturated carbocycles. The molecule has 1 N–H and O–H groups in total. The average Bonchev–Trinajstić information content (AvgIpc) is 2.98. The molecule has 2 aromatic rings. The molecule has 100 valence electrons. The van der Waals surface area contributed by atoms with E-state index in [0.717, 1.165) is 42.7 Å². The van der Waals surface area contributed by atoms with Crippen molar-refractivity contribution in [3.8, 4) is 0 Å². The first-order valence-electron chi connectivity index (χ1n) is 6.64. The first-order valence-corrected chi connectivity index (χ1v) is 6.64. The highest BCUT2D eigenvalue weighted by molar-refractivity contribution is 5.75. The van der Waals surface area contributed by atoms with Gasteiger partial charge in [-0.25, -0.2) is 0 Å². The molecule has 19 heavy (non-hydrogen) atoms. The van der Waals surface area contributed by atoms with Crippen LogP contribution in [-0.2, 0) is 11.2 Å². The number of nitrogens with zero attached hydrogens (tertiary/aromatic N) is 3. The van der Waals surface area contributed by atoms with Gasteiger partial charge in [-0.05, 0) is 37.5 Å². The van der Waals surface area contributed by atoms with E-state index in [4.69, 9.17) is 0 Å². The Hall–Kier alpha value is -1.91. The lowest BCUT2D eigenvalue weighted by atomic mass is 9.82. The van der Waals surface area contributed by atoms with Gasteiger partial charge in [-0.1, -0.05) is 12.8 Å². The summed E-state index contributed by atoms with van der Waals surface area (Å²) >= 11 is 0. The molecule has 0 unspecified atom stereocenters. The van der Waals surface area contributed by atoms with E-state index in [-0.39, 0.29) is 0 Å². The zero-order valence-electron chi connectivity index (χ0n) is 11.0.